The number of halogens is 1. The normalized spacial score (nSPS) is 12.4. The Morgan fingerprint density at radius 1 is 1.45 bits per heavy atom. The lowest BCUT2D eigenvalue weighted by Gasteiger charge is -2.15. The number of hydrogen-bond donors (Lipinski definition) is 1. The standard InChI is InChI=1S/C14H19ClN4O/c1-3-11(16)7-10-5-4-6-13(15)14(10)20-9-12-8-19(2)18-17-12/h4-6,8,11H,3,7,9,16H2,1-2H3. The number of para-hydroxylation sites is 1. The summed E-state index contributed by atoms with van der Waals surface area (Å²) >= 11 is 6.22. The second-order valence-corrected chi connectivity index (χ2v) is 5.18. The van der Waals surface area contributed by atoms with Crippen molar-refractivity contribution >= 4 is 11.6 Å². The van der Waals surface area contributed by atoms with E-state index in [1.54, 1.807) is 4.68 Å². The maximum Gasteiger partial charge on any atom is 0.141 e. The molecule has 0 aliphatic rings. The van der Waals surface area contributed by atoms with Crippen LogP contribution >= 0.6 is 11.6 Å². The van der Waals surface area contributed by atoms with Crippen molar-refractivity contribution in [3.8, 4) is 5.75 Å². The lowest BCUT2D eigenvalue weighted by molar-refractivity contribution is 0.297. The molecule has 1 heterocycles. The van der Waals surface area contributed by atoms with Crippen molar-refractivity contribution in [3.05, 3.63) is 40.7 Å². The van der Waals surface area contributed by atoms with Gasteiger partial charge in [-0.3, -0.25) is 4.68 Å². The fourth-order valence-electron chi connectivity index (χ4n) is 1.91. The molecule has 0 amide bonds. The fraction of sp³-hybridized carbons (Fsp3) is 0.429. The first-order valence-electron chi connectivity index (χ1n) is 6.61. The number of rotatable bonds is 6. The van der Waals surface area contributed by atoms with Gasteiger partial charge in [0, 0.05) is 13.1 Å². The molecule has 2 rings (SSSR count). The summed E-state index contributed by atoms with van der Waals surface area (Å²) in [6.45, 7) is 2.40. The molecule has 1 atom stereocenters. The minimum atomic E-state index is 0.104. The summed E-state index contributed by atoms with van der Waals surface area (Å²) < 4.78 is 7.45. The molecule has 0 fully saturated rings. The third-order valence-corrected chi connectivity index (χ3v) is 3.37. The molecule has 1 unspecified atom stereocenters. The van der Waals surface area contributed by atoms with E-state index in [9.17, 15) is 0 Å². The van der Waals surface area contributed by atoms with Crippen molar-refractivity contribution in [2.24, 2.45) is 12.8 Å². The molecule has 2 N–H and O–H groups in total. The number of nitrogens with zero attached hydrogens (tertiary/aromatic N) is 3. The first kappa shape index (κ1) is 14.8. The highest BCUT2D eigenvalue weighted by Crippen LogP contribution is 2.30. The maximum atomic E-state index is 6.22. The molecule has 5 nitrogen and oxygen atoms in total. The number of ether oxygens (including phenoxy) is 1. The van der Waals surface area contributed by atoms with Crippen molar-refractivity contribution in [2.75, 3.05) is 0 Å². The number of aromatic nitrogens is 3. The molecule has 0 aliphatic carbocycles. The molecule has 6 heteroatoms. The van der Waals surface area contributed by atoms with Gasteiger partial charge in [0.25, 0.3) is 0 Å². The van der Waals surface area contributed by atoms with Gasteiger partial charge in [-0.2, -0.15) is 0 Å². The average Bonchev–Trinajstić information content (AvgIpc) is 2.83. The van der Waals surface area contributed by atoms with E-state index >= 15 is 0 Å². The maximum absolute atomic E-state index is 6.22. The molecule has 20 heavy (non-hydrogen) atoms. The summed E-state index contributed by atoms with van der Waals surface area (Å²) in [6, 6.07) is 5.82. The zero-order valence-corrected chi connectivity index (χ0v) is 12.5. The van der Waals surface area contributed by atoms with Crippen LogP contribution in [0.25, 0.3) is 0 Å². The molecule has 0 radical (unpaired) electrons. The summed E-state index contributed by atoms with van der Waals surface area (Å²) in [6.07, 6.45) is 3.47. The molecule has 1 aromatic carbocycles. The zero-order valence-electron chi connectivity index (χ0n) is 11.7. The highest BCUT2D eigenvalue weighted by molar-refractivity contribution is 6.32. The van der Waals surface area contributed by atoms with E-state index in [1.807, 2.05) is 31.4 Å². The van der Waals surface area contributed by atoms with Gasteiger partial charge in [0.15, 0.2) is 0 Å². The van der Waals surface area contributed by atoms with Crippen LogP contribution in [0, 0.1) is 0 Å². The molecular formula is C14H19ClN4O. The van der Waals surface area contributed by atoms with E-state index < -0.39 is 0 Å². The van der Waals surface area contributed by atoms with Gasteiger partial charge in [-0.25, -0.2) is 0 Å². The Morgan fingerprint density at radius 3 is 2.90 bits per heavy atom. The minimum absolute atomic E-state index is 0.104. The van der Waals surface area contributed by atoms with Gasteiger partial charge in [0.1, 0.15) is 18.1 Å². The van der Waals surface area contributed by atoms with E-state index in [0.29, 0.717) is 17.4 Å². The van der Waals surface area contributed by atoms with Crippen molar-refractivity contribution in [1.82, 2.24) is 15.0 Å². The summed E-state index contributed by atoms with van der Waals surface area (Å²) in [5, 5.41) is 8.45. The average molecular weight is 295 g/mol. The molecule has 0 aliphatic heterocycles. The van der Waals surface area contributed by atoms with E-state index in [-0.39, 0.29) is 6.04 Å². The van der Waals surface area contributed by atoms with Gasteiger partial charge < -0.3 is 10.5 Å². The fourth-order valence-corrected chi connectivity index (χ4v) is 2.16. The molecular weight excluding hydrogens is 276 g/mol. The number of nitrogens with two attached hydrogens (primary N) is 1. The van der Waals surface area contributed by atoms with Gasteiger partial charge in [0.2, 0.25) is 0 Å². The van der Waals surface area contributed by atoms with Crippen molar-refractivity contribution < 1.29 is 4.74 Å². The van der Waals surface area contributed by atoms with Crippen LogP contribution in [0.3, 0.4) is 0 Å². The van der Waals surface area contributed by atoms with E-state index in [1.165, 1.54) is 0 Å². The molecule has 0 spiro atoms. The zero-order chi connectivity index (χ0) is 14.5. The minimum Gasteiger partial charge on any atom is -0.485 e. The summed E-state index contributed by atoms with van der Waals surface area (Å²) in [5.74, 6) is 0.684. The Hall–Kier alpha value is -1.59. The van der Waals surface area contributed by atoms with Crippen molar-refractivity contribution in [2.45, 2.75) is 32.4 Å². The number of hydrogen-bond acceptors (Lipinski definition) is 4. The van der Waals surface area contributed by atoms with E-state index in [4.69, 9.17) is 22.1 Å². The van der Waals surface area contributed by atoms with Crippen molar-refractivity contribution in [1.29, 1.82) is 0 Å². The second-order valence-electron chi connectivity index (χ2n) is 4.77. The Morgan fingerprint density at radius 2 is 2.25 bits per heavy atom. The highest BCUT2D eigenvalue weighted by atomic mass is 35.5. The number of benzene rings is 1. The van der Waals surface area contributed by atoms with Crippen molar-refractivity contribution in [3.63, 3.8) is 0 Å². The first-order valence-corrected chi connectivity index (χ1v) is 6.99. The molecule has 0 saturated heterocycles. The predicted molar refractivity (Wildman–Crippen MR) is 78.8 cm³/mol. The largest absolute Gasteiger partial charge is 0.485 e. The Kier molecular flexibility index (Phi) is 4.98. The Balaban J connectivity index is 2.12. The third-order valence-electron chi connectivity index (χ3n) is 3.07. The second kappa shape index (κ2) is 6.72. The van der Waals surface area contributed by atoms with Crippen LogP contribution in [0.4, 0.5) is 0 Å². The molecule has 108 valence electrons. The van der Waals surface area contributed by atoms with Gasteiger partial charge >= 0.3 is 0 Å². The quantitative estimate of drug-likeness (QED) is 0.888. The molecule has 2 aromatic rings. The van der Waals surface area contributed by atoms with Gasteiger partial charge in [-0.05, 0) is 24.5 Å². The topological polar surface area (TPSA) is 66.0 Å². The Labute approximate surface area is 123 Å². The van der Waals surface area contributed by atoms with Crippen LogP contribution in [-0.2, 0) is 20.1 Å². The van der Waals surface area contributed by atoms with Crippen LogP contribution in [0.2, 0.25) is 5.02 Å². The highest BCUT2D eigenvalue weighted by Gasteiger charge is 2.12. The van der Waals surface area contributed by atoms with E-state index in [2.05, 4.69) is 17.2 Å². The van der Waals surface area contributed by atoms with Gasteiger partial charge in [-0.1, -0.05) is 35.9 Å². The van der Waals surface area contributed by atoms with Crippen LogP contribution < -0.4 is 10.5 Å². The van der Waals surface area contributed by atoms with E-state index in [0.717, 1.165) is 24.1 Å². The molecule has 0 bridgehead atoms. The van der Waals surface area contributed by atoms with Crippen LogP contribution in [0.15, 0.2) is 24.4 Å². The van der Waals surface area contributed by atoms with Gasteiger partial charge in [0.05, 0.1) is 11.2 Å². The Bertz CT molecular complexity index is 570. The summed E-state index contributed by atoms with van der Waals surface area (Å²) in [7, 11) is 1.82. The van der Waals surface area contributed by atoms with Gasteiger partial charge in [-0.15, -0.1) is 5.10 Å². The predicted octanol–water partition coefficient (Wildman–Crippen LogP) is 2.33. The molecule has 1 aromatic heterocycles. The van der Waals surface area contributed by atoms with Crippen LogP contribution in [0.5, 0.6) is 5.75 Å². The molecule has 0 saturated carbocycles. The number of aryl methyl sites for hydroxylation is 1. The SMILES string of the molecule is CCC(N)Cc1cccc(Cl)c1OCc1cn(C)nn1. The summed E-state index contributed by atoms with van der Waals surface area (Å²) in [4.78, 5) is 0. The lowest BCUT2D eigenvalue weighted by Crippen LogP contribution is -2.21. The smallest absolute Gasteiger partial charge is 0.141 e. The summed E-state index contributed by atoms with van der Waals surface area (Å²) in [5.41, 5.74) is 7.80. The lowest BCUT2D eigenvalue weighted by atomic mass is 10.0. The van der Waals surface area contributed by atoms with Crippen LogP contribution in [0.1, 0.15) is 24.6 Å². The monoisotopic (exact) mass is 294 g/mol. The first-order chi connectivity index (χ1) is 9.60. The third kappa shape index (κ3) is 3.71. The van der Waals surface area contributed by atoms with Crippen LogP contribution in [-0.4, -0.2) is 21.0 Å².